The average molecular weight is 269 g/mol. The van der Waals surface area contributed by atoms with Crippen molar-refractivity contribution < 1.29 is 0 Å². The van der Waals surface area contributed by atoms with Crippen molar-refractivity contribution in [2.75, 3.05) is 0 Å². The molecule has 20 heavy (non-hydrogen) atoms. The normalized spacial score (nSPS) is 11.1. The highest BCUT2D eigenvalue weighted by molar-refractivity contribution is 5.81. The van der Waals surface area contributed by atoms with Crippen LogP contribution in [0.15, 0.2) is 36.5 Å². The molecule has 2 rings (SSSR count). The lowest BCUT2D eigenvalue weighted by Gasteiger charge is -2.03. The number of aryl methyl sites for hydroxylation is 1. The zero-order valence-corrected chi connectivity index (χ0v) is 12.8. The number of benzene rings is 1. The van der Waals surface area contributed by atoms with Gasteiger partial charge >= 0.3 is 0 Å². The number of pyridine rings is 1. The lowest BCUT2D eigenvalue weighted by atomic mass is 10.1. The largest absolute Gasteiger partial charge is 0.261 e. The zero-order valence-electron chi connectivity index (χ0n) is 12.8. The molecule has 0 unspecified atom stereocenters. The van der Waals surface area contributed by atoms with Gasteiger partial charge in [-0.1, -0.05) is 76.1 Å². The van der Waals surface area contributed by atoms with Crippen LogP contribution in [-0.2, 0) is 6.42 Å². The van der Waals surface area contributed by atoms with Gasteiger partial charge in [0.25, 0.3) is 0 Å². The van der Waals surface area contributed by atoms with E-state index in [1.807, 2.05) is 6.20 Å². The molecule has 0 bridgehead atoms. The molecule has 1 heteroatoms. The summed E-state index contributed by atoms with van der Waals surface area (Å²) in [4.78, 5) is 4.57. The van der Waals surface area contributed by atoms with Crippen molar-refractivity contribution in [3.05, 3.63) is 42.2 Å². The Morgan fingerprint density at radius 2 is 1.45 bits per heavy atom. The fraction of sp³-hybridized carbons (Fsp3) is 0.526. The molecule has 0 spiro atoms. The Labute approximate surface area is 123 Å². The van der Waals surface area contributed by atoms with Crippen LogP contribution in [0.25, 0.3) is 10.8 Å². The van der Waals surface area contributed by atoms with E-state index in [1.54, 1.807) is 0 Å². The maximum atomic E-state index is 4.57. The summed E-state index contributed by atoms with van der Waals surface area (Å²) in [5.41, 5.74) is 1.25. The number of nitrogens with zero attached hydrogens (tertiary/aromatic N) is 1. The maximum absolute atomic E-state index is 4.57. The Bertz CT molecular complexity index is 504. The molecule has 1 heterocycles. The average Bonchev–Trinajstić information content (AvgIpc) is 2.50. The highest BCUT2D eigenvalue weighted by Gasteiger charge is 1.98. The molecule has 1 nitrogen and oxygen atoms in total. The van der Waals surface area contributed by atoms with Crippen LogP contribution in [-0.4, -0.2) is 4.98 Å². The summed E-state index contributed by atoms with van der Waals surface area (Å²) in [6.07, 6.45) is 14.1. The summed E-state index contributed by atoms with van der Waals surface area (Å²) in [6, 6.07) is 10.7. The molecule has 0 aliphatic heterocycles. The van der Waals surface area contributed by atoms with Crippen molar-refractivity contribution in [1.82, 2.24) is 4.98 Å². The second-order valence-corrected chi connectivity index (χ2v) is 5.75. The zero-order chi connectivity index (χ0) is 14.0. The summed E-state index contributed by atoms with van der Waals surface area (Å²) in [7, 11) is 0. The number of hydrogen-bond donors (Lipinski definition) is 0. The first-order valence-electron chi connectivity index (χ1n) is 8.24. The van der Waals surface area contributed by atoms with Gasteiger partial charge in [-0.15, -0.1) is 0 Å². The predicted molar refractivity (Wildman–Crippen MR) is 88.1 cm³/mol. The van der Waals surface area contributed by atoms with E-state index in [1.165, 1.54) is 67.8 Å². The molecule has 0 aliphatic carbocycles. The Kier molecular flexibility index (Phi) is 6.56. The van der Waals surface area contributed by atoms with Gasteiger partial charge in [0.1, 0.15) is 0 Å². The third-order valence-electron chi connectivity index (χ3n) is 3.97. The molecule has 0 amide bonds. The van der Waals surface area contributed by atoms with Crippen LogP contribution < -0.4 is 0 Å². The fourth-order valence-electron chi connectivity index (χ4n) is 2.71. The van der Waals surface area contributed by atoms with Gasteiger partial charge in [0, 0.05) is 17.3 Å². The molecular weight excluding hydrogens is 242 g/mol. The van der Waals surface area contributed by atoms with Gasteiger partial charge in [-0.05, 0) is 24.3 Å². The Balaban J connectivity index is 1.65. The first-order valence-corrected chi connectivity index (χ1v) is 8.24. The Morgan fingerprint density at radius 3 is 2.20 bits per heavy atom. The highest BCUT2D eigenvalue weighted by atomic mass is 14.7. The molecule has 1 aromatic carbocycles. The van der Waals surface area contributed by atoms with Gasteiger partial charge in [0.2, 0.25) is 0 Å². The minimum Gasteiger partial charge on any atom is -0.261 e. The first-order chi connectivity index (χ1) is 9.90. The molecule has 2 aromatic rings. The van der Waals surface area contributed by atoms with Gasteiger partial charge < -0.3 is 0 Å². The van der Waals surface area contributed by atoms with Crippen LogP contribution in [0, 0.1) is 0 Å². The fourth-order valence-corrected chi connectivity index (χ4v) is 2.71. The number of unbranched alkanes of at least 4 members (excludes halogenated alkanes) is 7. The molecule has 0 N–H and O–H groups in total. The lowest BCUT2D eigenvalue weighted by molar-refractivity contribution is 0.574. The third-order valence-corrected chi connectivity index (χ3v) is 3.97. The predicted octanol–water partition coefficient (Wildman–Crippen LogP) is 5.92. The topological polar surface area (TPSA) is 12.9 Å². The Morgan fingerprint density at radius 1 is 0.800 bits per heavy atom. The van der Waals surface area contributed by atoms with E-state index < -0.39 is 0 Å². The number of rotatable bonds is 9. The SMILES string of the molecule is CCCCCCCCCCc1cc2ccccc2cn1. The maximum Gasteiger partial charge on any atom is 0.0410 e. The van der Waals surface area contributed by atoms with Crippen molar-refractivity contribution >= 4 is 10.8 Å². The van der Waals surface area contributed by atoms with Crippen molar-refractivity contribution in [2.24, 2.45) is 0 Å². The van der Waals surface area contributed by atoms with E-state index in [9.17, 15) is 0 Å². The second kappa shape index (κ2) is 8.73. The highest BCUT2D eigenvalue weighted by Crippen LogP contribution is 2.15. The number of fused-ring (bicyclic) bond motifs is 1. The quantitative estimate of drug-likeness (QED) is 0.515. The van der Waals surface area contributed by atoms with Crippen LogP contribution >= 0.6 is 0 Å². The smallest absolute Gasteiger partial charge is 0.0410 e. The van der Waals surface area contributed by atoms with Gasteiger partial charge in [0.15, 0.2) is 0 Å². The van der Waals surface area contributed by atoms with Crippen LogP contribution in [0.1, 0.15) is 64.0 Å². The van der Waals surface area contributed by atoms with Crippen LogP contribution in [0.4, 0.5) is 0 Å². The van der Waals surface area contributed by atoms with Crippen molar-refractivity contribution in [2.45, 2.75) is 64.7 Å². The minimum absolute atomic E-state index is 1.12. The molecule has 1 aromatic heterocycles. The molecular formula is C19H27N. The molecule has 0 radical (unpaired) electrons. The summed E-state index contributed by atoms with van der Waals surface area (Å²) in [6.45, 7) is 2.27. The van der Waals surface area contributed by atoms with Gasteiger partial charge in [-0.2, -0.15) is 0 Å². The van der Waals surface area contributed by atoms with E-state index in [0.717, 1.165) is 6.42 Å². The van der Waals surface area contributed by atoms with E-state index in [-0.39, 0.29) is 0 Å². The number of aromatic nitrogens is 1. The molecule has 0 fully saturated rings. The minimum atomic E-state index is 1.12. The van der Waals surface area contributed by atoms with Gasteiger partial charge in [-0.3, -0.25) is 4.98 Å². The molecule has 0 saturated heterocycles. The van der Waals surface area contributed by atoms with Crippen LogP contribution in [0.2, 0.25) is 0 Å². The molecule has 0 aliphatic rings. The standard InChI is InChI=1S/C19H27N/c1-2-3-4-5-6-7-8-9-14-19-15-17-12-10-11-13-18(17)16-20-19/h10-13,15-16H,2-9,14H2,1H3. The Hall–Kier alpha value is -1.37. The summed E-state index contributed by atoms with van der Waals surface area (Å²) in [5.74, 6) is 0. The summed E-state index contributed by atoms with van der Waals surface area (Å²) in [5, 5.41) is 2.56. The van der Waals surface area contributed by atoms with E-state index in [4.69, 9.17) is 0 Å². The molecule has 0 saturated carbocycles. The second-order valence-electron chi connectivity index (χ2n) is 5.75. The van der Waals surface area contributed by atoms with Crippen molar-refractivity contribution in [3.8, 4) is 0 Å². The van der Waals surface area contributed by atoms with Gasteiger partial charge in [0.05, 0.1) is 0 Å². The summed E-state index contributed by atoms with van der Waals surface area (Å²) < 4.78 is 0. The molecule has 0 atom stereocenters. The lowest BCUT2D eigenvalue weighted by Crippen LogP contribution is -1.90. The van der Waals surface area contributed by atoms with E-state index >= 15 is 0 Å². The summed E-state index contributed by atoms with van der Waals surface area (Å²) >= 11 is 0. The van der Waals surface area contributed by atoms with E-state index in [2.05, 4.69) is 42.2 Å². The monoisotopic (exact) mass is 269 g/mol. The third kappa shape index (κ3) is 4.96. The number of hydrogen-bond acceptors (Lipinski definition) is 1. The first kappa shape index (κ1) is 15.0. The van der Waals surface area contributed by atoms with Crippen LogP contribution in [0.5, 0.6) is 0 Å². The molecule has 108 valence electrons. The van der Waals surface area contributed by atoms with Crippen molar-refractivity contribution in [1.29, 1.82) is 0 Å². The van der Waals surface area contributed by atoms with Gasteiger partial charge in [-0.25, -0.2) is 0 Å². The van der Waals surface area contributed by atoms with Crippen LogP contribution in [0.3, 0.4) is 0 Å². The van der Waals surface area contributed by atoms with Crippen molar-refractivity contribution in [3.63, 3.8) is 0 Å². The van der Waals surface area contributed by atoms with E-state index in [0.29, 0.717) is 0 Å².